The number of benzene rings is 1. The number of hydrogen-bond donors (Lipinski definition) is 2. The number of hydrogen-bond acceptors (Lipinski definition) is 3. The Bertz CT molecular complexity index is 574. The van der Waals surface area contributed by atoms with E-state index in [4.69, 9.17) is 0 Å². The van der Waals surface area contributed by atoms with Crippen LogP contribution >= 0.6 is 0 Å². The van der Waals surface area contributed by atoms with Crippen LogP contribution in [0.3, 0.4) is 0 Å². The Hall–Kier alpha value is -2.57. The summed E-state index contributed by atoms with van der Waals surface area (Å²) >= 11 is 0. The van der Waals surface area contributed by atoms with Crippen LogP contribution in [-0.2, 0) is 9.59 Å². The Morgan fingerprint density at radius 1 is 1.22 bits per heavy atom. The van der Waals surface area contributed by atoms with Gasteiger partial charge in [-0.2, -0.15) is 0 Å². The van der Waals surface area contributed by atoms with Gasteiger partial charge in [0.2, 0.25) is 11.8 Å². The number of urea groups is 1. The third kappa shape index (κ3) is 4.70. The number of amides is 4. The van der Waals surface area contributed by atoms with E-state index < -0.39 is 0 Å². The zero-order valence-corrected chi connectivity index (χ0v) is 13.4. The smallest absolute Gasteiger partial charge is 0.317 e. The number of carbonyl (C=O) groups excluding carboxylic acids is 3. The van der Waals surface area contributed by atoms with E-state index in [9.17, 15) is 14.4 Å². The summed E-state index contributed by atoms with van der Waals surface area (Å²) < 4.78 is 0. The van der Waals surface area contributed by atoms with E-state index in [1.807, 2.05) is 30.3 Å². The highest BCUT2D eigenvalue weighted by Crippen LogP contribution is 2.24. The zero-order chi connectivity index (χ0) is 16.8. The number of rotatable bonds is 5. The lowest BCUT2D eigenvalue weighted by atomic mass is 10.1. The van der Waals surface area contributed by atoms with Crippen molar-refractivity contribution in [2.24, 2.45) is 5.92 Å². The molecule has 23 heavy (non-hydrogen) atoms. The first kappa shape index (κ1) is 16.8. The third-order valence-corrected chi connectivity index (χ3v) is 3.67. The van der Waals surface area contributed by atoms with Crippen LogP contribution in [0.15, 0.2) is 30.3 Å². The highest BCUT2D eigenvalue weighted by molar-refractivity contribution is 5.95. The van der Waals surface area contributed by atoms with Gasteiger partial charge in [0.1, 0.15) is 0 Å². The minimum absolute atomic E-state index is 0.0661. The van der Waals surface area contributed by atoms with Crippen molar-refractivity contribution < 1.29 is 14.4 Å². The number of nitrogens with zero attached hydrogens (tertiary/aromatic N) is 2. The molecule has 1 aliphatic rings. The average molecular weight is 318 g/mol. The maximum absolute atomic E-state index is 12.1. The van der Waals surface area contributed by atoms with Gasteiger partial charge in [-0.25, -0.2) is 4.79 Å². The van der Waals surface area contributed by atoms with Crippen molar-refractivity contribution in [1.29, 1.82) is 0 Å². The van der Waals surface area contributed by atoms with Crippen LogP contribution < -0.4 is 15.5 Å². The van der Waals surface area contributed by atoms with Crippen molar-refractivity contribution >= 4 is 23.5 Å². The molecule has 7 nitrogen and oxygen atoms in total. The van der Waals surface area contributed by atoms with Gasteiger partial charge < -0.3 is 20.4 Å². The molecule has 0 radical (unpaired) electrons. The summed E-state index contributed by atoms with van der Waals surface area (Å²) in [4.78, 5) is 38.2. The highest BCUT2D eigenvalue weighted by atomic mass is 16.2. The summed E-state index contributed by atoms with van der Waals surface area (Å²) in [6.07, 6.45) is 0.416. The van der Waals surface area contributed by atoms with Crippen LogP contribution in [0.2, 0.25) is 0 Å². The van der Waals surface area contributed by atoms with Gasteiger partial charge in [0.05, 0.1) is 6.54 Å². The van der Waals surface area contributed by atoms with Gasteiger partial charge in [0.15, 0.2) is 0 Å². The molecule has 0 aliphatic carbocycles. The SMILES string of the molecule is CN(C)C(=O)NCC(=O)NCC1CC(=O)N(c2ccccc2)C1. The molecular formula is C16H22N4O3. The quantitative estimate of drug-likeness (QED) is 0.826. The maximum atomic E-state index is 12.1. The molecule has 1 unspecified atom stereocenters. The summed E-state index contributed by atoms with van der Waals surface area (Å²) in [6, 6.07) is 9.18. The molecule has 1 aromatic carbocycles. The Balaban J connectivity index is 1.76. The Labute approximate surface area is 135 Å². The second kappa shape index (κ2) is 7.62. The third-order valence-electron chi connectivity index (χ3n) is 3.67. The van der Waals surface area contributed by atoms with E-state index in [-0.39, 0.29) is 30.3 Å². The molecule has 1 fully saturated rings. The van der Waals surface area contributed by atoms with Crippen molar-refractivity contribution in [3.8, 4) is 0 Å². The van der Waals surface area contributed by atoms with Gasteiger partial charge in [-0.15, -0.1) is 0 Å². The first-order valence-corrected chi connectivity index (χ1v) is 7.54. The van der Waals surface area contributed by atoms with Crippen molar-refractivity contribution in [3.63, 3.8) is 0 Å². The lowest BCUT2D eigenvalue weighted by molar-refractivity contribution is -0.121. The van der Waals surface area contributed by atoms with E-state index in [1.54, 1.807) is 19.0 Å². The van der Waals surface area contributed by atoms with Crippen LogP contribution in [0, 0.1) is 5.92 Å². The van der Waals surface area contributed by atoms with Gasteiger partial charge >= 0.3 is 6.03 Å². The summed E-state index contributed by atoms with van der Waals surface area (Å²) in [7, 11) is 3.21. The molecule has 7 heteroatoms. The van der Waals surface area contributed by atoms with Crippen LogP contribution in [0.1, 0.15) is 6.42 Å². The maximum Gasteiger partial charge on any atom is 0.317 e. The van der Waals surface area contributed by atoms with Gasteiger partial charge in [-0.05, 0) is 12.1 Å². The minimum Gasteiger partial charge on any atom is -0.354 e. The van der Waals surface area contributed by atoms with Crippen LogP contribution in [0.4, 0.5) is 10.5 Å². The van der Waals surface area contributed by atoms with E-state index in [0.29, 0.717) is 19.5 Å². The fraction of sp³-hybridized carbons (Fsp3) is 0.438. The van der Waals surface area contributed by atoms with Crippen molar-refractivity contribution in [2.45, 2.75) is 6.42 Å². The topological polar surface area (TPSA) is 81.8 Å². The molecule has 0 spiro atoms. The normalized spacial score (nSPS) is 17.0. The summed E-state index contributed by atoms with van der Waals surface area (Å²) in [5.74, 6) is -0.113. The first-order chi connectivity index (χ1) is 11.0. The van der Waals surface area contributed by atoms with Gasteiger partial charge in [0, 0.05) is 45.2 Å². The second-order valence-electron chi connectivity index (χ2n) is 5.77. The molecule has 0 aromatic heterocycles. The number of carbonyl (C=O) groups is 3. The second-order valence-corrected chi connectivity index (χ2v) is 5.77. The molecular weight excluding hydrogens is 296 g/mol. The van der Waals surface area contributed by atoms with Crippen LogP contribution in [-0.4, -0.2) is 56.5 Å². The van der Waals surface area contributed by atoms with E-state index in [2.05, 4.69) is 10.6 Å². The molecule has 2 rings (SSSR count). The van der Waals surface area contributed by atoms with Crippen molar-refractivity contribution in [2.75, 3.05) is 38.6 Å². The number of para-hydroxylation sites is 1. The molecule has 0 bridgehead atoms. The monoisotopic (exact) mass is 318 g/mol. The molecule has 0 saturated carbocycles. The summed E-state index contributed by atoms with van der Waals surface area (Å²) in [5.41, 5.74) is 0.879. The molecule has 1 atom stereocenters. The first-order valence-electron chi connectivity index (χ1n) is 7.54. The summed E-state index contributed by atoms with van der Waals surface area (Å²) in [5, 5.41) is 5.26. The Kier molecular flexibility index (Phi) is 5.56. The molecule has 2 N–H and O–H groups in total. The van der Waals surface area contributed by atoms with Gasteiger partial charge in [-0.1, -0.05) is 18.2 Å². The van der Waals surface area contributed by atoms with E-state index in [0.717, 1.165) is 5.69 Å². The minimum atomic E-state index is -0.313. The lowest BCUT2D eigenvalue weighted by Crippen LogP contribution is -2.42. The molecule has 1 heterocycles. The van der Waals surface area contributed by atoms with Crippen LogP contribution in [0.5, 0.6) is 0 Å². The molecule has 1 saturated heterocycles. The molecule has 4 amide bonds. The predicted molar refractivity (Wildman–Crippen MR) is 87.0 cm³/mol. The molecule has 1 aromatic rings. The van der Waals surface area contributed by atoms with E-state index in [1.165, 1.54) is 4.90 Å². The standard InChI is InChI=1S/C16H22N4O3/c1-19(2)16(23)18-10-14(21)17-9-12-8-15(22)20(11-12)13-6-4-3-5-7-13/h3-7,12H,8-11H2,1-2H3,(H,17,21)(H,18,23). The zero-order valence-electron chi connectivity index (χ0n) is 13.4. The fourth-order valence-corrected chi connectivity index (χ4v) is 2.41. The molecule has 1 aliphatic heterocycles. The van der Waals surface area contributed by atoms with Crippen molar-refractivity contribution in [1.82, 2.24) is 15.5 Å². The largest absolute Gasteiger partial charge is 0.354 e. The lowest BCUT2D eigenvalue weighted by Gasteiger charge is -2.17. The Morgan fingerprint density at radius 2 is 1.91 bits per heavy atom. The van der Waals surface area contributed by atoms with Crippen LogP contribution in [0.25, 0.3) is 0 Å². The summed E-state index contributed by atoms with van der Waals surface area (Å²) in [6.45, 7) is 0.943. The van der Waals surface area contributed by atoms with Gasteiger partial charge in [-0.3, -0.25) is 9.59 Å². The number of anilines is 1. The molecule has 124 valence electrons. The van der Waals surface area contributed by atoms with Gasteiger partial charge in [0.25, 0.3) is 0 Å². The Morgan fingerprint density at radius 3 is 2.57 bits per heavy atom. The highest BCUT2D eigenvalue weighted by Gasteiger charge is 2.30. The fourth-order valence-electron chi connectivity index (χ4n) is 2.41. The van der Waals surface area contributed by atoms with Crippen molar-refractivity contribution in [3.05, 3.63) is 30.3 Å². The van der Waals surface area contributed by atoms with E-state index >= 15 is 0 Å². The predicted octanol–water partition coefficient (Wildman–Crippen LogP) is 0.427. The average Bonchev–Trinajstić information content (AvgIpc) is 2.92. The number of nitrogens with one attached hydrogen (secondary N) is 2.